The van der Waals surface area contributed by atoms with Crippen LogP contribution in [0.5, 0.6) is 5.75 Å². The van der Waals surface area contributed by atoms with Crippen molar-refractivity contribution in [2.75, 3.05) is 12.4 Å². The summed E-state index contributed by atoms with van der Waals surface area (Å²) in [5.74, 6) is 0.849. The molecule has 0 radical (unpaired) electrons. The zero-order valence-corrected chi connectivity index (χ0v) is 10.9. The highest BCUT2D eigenvalue weighted by Gasteiger charge is 2.22. The molecule has 0 unspecified atom stereocenters. The molecule has 1 aromatic rings. The molecule has 0 aromatic heterocycles. The molecule has 1 nitrogen and oxygen atoms in total. The van der Waals surface area contributed by atoms with Gasteiger partial charge in [0, 0.05) is 21.3 Å². The predicted molar refractivity (Wildman–Crippen MR) is 64.8 cm³/mol. The molecule has 3 heteroatoms. The van der Waals surface area contributed by atoms with Crippen LogP contribution in [0.15, 0.2) is 18.2 Å². The van der Waals surface area contributed by atoms with Crippen LogP contribution < -0.4 is 4.74 Å². The van der Waals surface area contributed by atoms with Gasteiger partial charge in [-0.2, -0.15) is 0 Å². The Balaban J connectivity index is 3.20. The molecule has 78 valence electrons. The molecule has 0 bridgehead atoms. The lowest BCUT2D eigenvalue weighted by atomic mass is 9.86. The zero-order chi connectivity index (χ0) is 10.8. The third-order valence-electron chi connectivity index (χ3n) is 2.23. The van der Waals surface area contributed by atoms with Gasteiger partial charge in [0.25, 0.3) is 0 Å². The molecule has 0 heterocycles. The van der Waals surface area contributed by atoms with Crippen LogP contribution in [0.2, 0.25) is 5.02 Å². The first-order valence-electron chi connectivity index (χ1n) is 4.41. The lowest BCUT2D eigenvalue weighted by molar-refractivity contribution is 0.399. The smallest absolute Gasteiger partial charge is 0.124 e. The topological polar surface area (TPSA) is 9.23 Å². The van der Waals surface area contributed by atoms with E-state index in [9.17, 15) is 0 Å². The molecule has 0 aliphatic heterocycles. The monoisotopic (exact) mass is 276 g/mol. The molecule has 0 aliphatic carbocycles. The SMILES string of the molecule is COc1cc(Cl)ccc1C(C)(C)CBr. The van der Waals surface area contributed by atoms with Gasteiger partial charge in [-0.1, -0.05) is 47.4 Å². The number of methoxy groups -OCH3 is 1. The number of halogens is 2. The van der Waals surface area contributed by atoms with Crippen molar-refractivity contribution in [1.82, 2.24) is 0 Å². The molecular weight excluding hydrogens is 263 g/mol. The van der Waals surface area contributed by atoms with Gasteiger partial charge in [0.1, 0.15) is 5.75 Å². The van der Waals surface area contributed by atoms with E-state index in [4.69, 9.17) is 16.3 Å². The van der Waals surface area contributed by atoms with Gasteiger partial charge >= 0.3 is 0 Å². The van der Waals surface area contributed by atoms with Crippen molar-refractivity contribution in [2.45, 2.75) is 19.3 Å². The van der Waals surface area contributed by atoms with E-state index in [0.717, 1.165) is 11.1 Å². The third-order valence-corrected chi connectivity index (χ3v) is 3.86. The van der Waals surface area contributed by atoms with E-state index >= 15 is 0 Å². The Morgan fingerprint density at radius 1 is 1.43 bits per heavy atom. The fourth-order valence-corrected chi connectivity index (χ4v) is 1.76. The van der Waals surface area contributed by atoms with Gasteiger partial charge in [-0.05, 0) is 12.1 Å². The van der Waals surface area contributed by atoms with Crippen molar-refractivity contribution in [3.05, 3.63) is 28.8 Å². The number of hydrogen-bond donors (Lipinski definition) is 0. The van der Waals surface area contributed by atoms with Crippen LogP contribution in [-0.2, 0) is 5.41 Å². The summed E-state index contributed by atoms with van der Waals surface area (Å²) in [5, 5.41) is 1.59. The van der Waals surface area contributed by atoms with Gasteiger partial charge < -0.3 is 4.74 Å². The van der Waals surface area contributed by atoms with Crippen LogP contribution in [0.4, 0.5) is 0 Å². The van der Waals surface area contributed by atoms with Gasteiger partial charge in [-0.15, -0.1) is 0 Å². The van der Waals surface area contributed by atoms with E-state index in [-0.39, 0.29) is 5.41 Å². The standard InChI is InChI=1S/C11H14BrClO/c1-11(2,7-12)9-5-4-8(13)6-10(9)14-3/h4-6H,7H2,1-3H3. The molecular formula is C11H14BrClO. The van der Waals surface area contributed by atoms with Crippen LogP contribution in [0.25, 0.3) is 0 Å². The number of hydrogen-bond acceptors (Lipinski definition) is 1. The van der Waals surface area contributed by atoms with Crippen molar-refractivity contribution in [1.29, 1.82) is 0 Å². The number of rotatable bonds is 3. The maximum atomic E-state index is 5.90. The molecule has 14 heavy (non-hydrogen) atoms. The van der Waals surface area contributed by atoms with Crippen LogP contribution in [0.3, 0.4) is 0 Å². The molecule has 0 aliphatic rings. The first kappa shape index (κ1) is 11.9. The quantitative estimate of drug-likeness (QED) is 0.758. The average molecular weight is 278 g/mol. The Kier molecular flexibility index (Phi) is 3.85. The first-order chi connectivity index (χ1) is 6.51. The summed E-state index contributed by atoms with van der Waals surface area (Å²) in [6.45, 7) is 4.32. The van der Waals surface area contributed by atoms with E-state index in [1.807, 2.05) is 18.2 Å². The zero-order valence-electron chi connectivity index (χ0n) is 8.60. The molecule has 1 aromatic carbocycles. The summed E-state index contributed by atoms with van der Waals surface area (Å²) in [7, 11) is 1.67. The van der Waals surface area contributed by atoms with Gasteiger partial charge in [0.2, 0.25) is 0 Å². The third kappa shape index (κ3) is 2.43. The first-order valence-corrected chi connectivity index (χ1v) is 5.91. The van der Waals surface area contributed by atoms with Crippen LogP contribution in [0.1, 0.15) is 19.4 Å². The van der Waals surface area contributed by atoms with E-state index in [0.29, 0.717) is 5.02 Å². The van der Waals surface area contributed by atoms with Gasteiger partial charge in [-0.3, -0.25) is 0 Å². The van der Waals surface area contributed by atoms with E-state index in [1.54, 1.807) is 7.11 Å². The van der Waals surface area contributed by atoms with Crippen molar-refractivity contribution in [3.8, 4) is 5.75 Å². The predicted octanol–water partition coefficient (Wildman–Crippen LogP) is 4.02. The highest BCUT2D eigenvalue weighted by molar-refractivity contribution is 9.09. The van der Waals surface area contributed by atoms with Crippen LogP contribution >= 0.6 is 27.5 Å². The summed E-state index contributed by atoms with van der Waals surface area (Å²) in [6.07, 6.45) is 0. The second-order valence-electron chi connectivity index (χ2n) is 3.86. The van der Waals surface area contributed by atoms with Gasteiger partial charge in [0.05, 0.1) is 7.11 Å². The van der Waals surface area contributed by atoms with Crippen LogP contribution in [0, 0.1) is 0 Å². The molecule has 0 spiro atoms. The van der Waals surface area contributed by atoms with Gasteiger partial charge in [-0.25, -0.2) is 0 Å². The average Bonchev–Trinajstić information content (AvgIpc) is 2.17. The van der Waals surface area contributed by atoms with Crippen molar-refractivity contribution < 1.29 is 4.74 Å². The maximum Gasteiger partial charge on any atom is 0.124 e. The Morgan fingerprint density at radius 2 is 2.07 bits per heavy atom. The van der Waals surface area contributed by atoms with E-state index < -0.39 is 0 Å². The fraction of sp³-hybridized carbons (Fsp3) is 0.455. The molecule has 0 N–H and O–H groups in total. The summed E-state index contributed by atoms with van der Waals surface area (Å²) >= 11 is 9.40. The Hall–Kier alpha value is -0.210. The minimum Gasteiger partial charge on any atom is -0.496 e. The fourth-order valence-electron chi connectivity index (χ4n) is 1.30. The highest BCUT2D eigenvalue weighted by Crippen LogP contribution is 2.34. The molecule has 0 saturated heterocycles. The lowest BCUT2D eigenvalue weighted by Crippen LogP contribution is -2.19. The molecule has 1 rings (SSSR count). The van der Waals surface area contributed by atoms with Crippen molar-refractivity contribution >= 4 is 27.5 Å². The van der Waals surface area contributed by atoms with E-state index in [1.165, 1.54) is 5.56 Å². The molecule has 0 fully saturated rings. The number of benzene rings is 1. The number of alkyl halides is 1. The summed E-state index contributed by atoms with van der Waals surface area (Å²) in [6, 6.07) is 5.76. The Bertz CT molecular complexity index is 323. The lowest BCUT2D eigenvalue weighted by Gasteiger charge is -2.24. The highest BCUT2D eigenvalue weighted by atomic mass is 79.9. The normalized spacial score (nSPS) is 11.5. The van der Waals surface area contributed by atoms with Crippen LogP contribution in [-0.4, -0.2) is 12.4 Å². The largest absolute Gasteiger partial charge is 0.496 e. The minimum atomic E-state index is 0.0515. The van der Waals surface area contributed by atoms with Gasteiger partial charge in [0.15, 0.2) is 0 Å². The van der Waals surface area contributed by atoms with Crippen molar-refractivity contribution in [2.24, 2.45) is 0 Å². The Morgan fingerprint density at radius 3 is 2.57 bits per heavy atom. The maximum absolute atomic E-state index is 5.90. The second kappa shape index (κ2) is 4.54. The summed E-state index contributed by atoms with van der Waals surface area (Å²) in [4.78, 5) is 0. The summed E-state index contributed by atoms with van der Waals surface area (Å²) in [5.41, 5.74) is 1.22. The second-order valence-corrected chi connectivity index (χ2v) is 4.86. The molecule has 0 saturated carbocycles. The summed E-state index contributed by atoms with van der Waals surface area (Å²) < 4.78 is 5.31. The van der Waals surface area contributed by atoms with Crippen molar-refractivity contribution in [3.63, 3.8) is 0 Å². The number of ether oxygens (including phenoxy) is 1. The molecule has 0 amide bonds. The van der Waals surface area contributed by atoms with E-state index in [2.05, 4.69) is 29.8 Å². The molecule has 0 atom stereocenters. The Labute approximate surface area is 98.5 Å². The minimum absolute atomic E-state index is 0.0515.